The summed E-state index contributed by atoms with van der Waals surface area (Å²) in [5, 5.41) is 0. The molecule has 1 aliphatic carbocycles. The van der Waals surface area contributed by atoms with Crippen molar-refractivity contribution < 1.29 is 17.2 Å². The number of nitrogens with two attached hydrogens (primary N) is 2. The molecule has 1 spiro atoms. The SMILES string of the molecule is NC1=NC(CF)(c2cc(N)ccc2F)CS(=O)(=O)C12CC2. The van der Waals surface area contributed by atoms with Gasteiger partial charge in [-0.1, -0.05) is 0 Å². The number of aliphatic imine (C=N–C) groups is 1. The summed E-state index contributed by atoms with van der Waals surface area (Å²) in [6.45, 7) is -1.16. The standard InChI is InChI=1S/C13H15F2N3O2S/c14-6-12(9-5-8(16)1-2-10(9)15)7-21(19,20)13(3-4-13)11(17)18-12/h1-2,5H,3-4,6-7,16H2,(H2,17,18). The van der Waals surface area contributed by atoms with Crippen LogP contribution in [0.2, 0.25) is 0 Å². The first-order valence-corrected chi connectivity index (χ1v) is 8.11. The minimum atomic E-state index is -3.70. The van der Waals surface area contributed by atoms with Gasteiger partial charge < -0.3 is 11.5 Å². The van der Waals surface area contributed by atoms with Crippen LogP contribution < -0.4 is 11.5 Å². The van der Waals surface area contributed by atoms with Gasteiger partial charge >= 0.3 is 0 Å². The highest BCUT2D eigenvalue weighted by molar-refractivity contribution is 7.94. The van der Waals surface area contributed by atoms with Crippen molar-refractivity contribution in [2.75, 3.05) is 18.2 Å². The summed E-state index contributed by atoms with van der Waals surface area (Å²) < 4.78 is 51.4. The maximum absolute atomic E-state index is 14.0. The third-order valence-corrected chi connectivity index (χ3v) is 6.91. The van der Waals surface area contributed by atoms with E-state index in [0.29, 0.717) is 12.8 Å². The fourth-order valence-electron chi connectivity index (χ4n) is 2.84. The molecule has 3 rings (SSSR count). The van der Waals surface area contributed by atoms with Gasteiger partial charge in [0.25, 0.3) is 0 Å². The van der Waals surface area contributed by atoms with E-state index in [2.05, 4.69) is 4.99 Å². The van der Waals surface area contributed by atoms with Crippen LogP contribution >= 0.6 is 0 Å². The highest BCUT2D eigenvalue weighted by atomic mass is 32.2. The summed E-state index contributed by atoms with van der Waals surface area (Å²) in [6, 6.07) is 3.60. The molecule has 1 unspecified atom stereocenters. The average molecular weight is 315 g/mol. The van der Waals surface area contributed by atoms with E-state index in [1.807, 2.05) is 0 Å². The van der Waals surface area contributed by atoms with E-state index in [4.69, 9.17) is 11.5 Å². The molecular formula is C13H15F2N3O2S. The Kier molecular flexibility index (Phi) is 2.82. The number of sulfone groups is 1. The van der Waals surface area contributed by atoms with Gasteiger partial charge in [0, 0.05) is 11.3 Å². The second-order valence-corrected chi connectivity index (χ2v) is 7.95. The largest absolute Gasteiger partial charge is 0.399 e. The Labute approximate surface area is 121 Å². The Bertz CT molecular complexity index is 744. The minimum Gasteiger partial charge on any atom is -0.399 e. The zero-order valence-electron chi connectivity index (χ0n) is 11.1. The van der Waals surface area contributed by atoms with Crippen LogP contribution in [0.25, 0.3) is 0 Å². The number of hydrogen-bond donors (Lipinski definition) is 2. The molecule has 1 saturated carbocycles. The lowest BCUT2D eigenvalue weighted by Gasteiger charge is -2.35. The minimum absolute atomic E-state index is 0.131. The number of amidine groups is 1. The summed E-state index contributed by atoms with van der Waals surface area (Å²) >= 11 is 0. The lowest BCUT2D eigenvalue weighted by atomic mass is 9.92. The van der Waals surface area contributed by atoms with Crippen molar-refractivity contribution in [3.63, 3.8) is 0 Å². The number of halogens is 2. The Balaban J connectivity index is 2.23. The normalized spacial score (nSPS) is 29.1. The van der Waals surface area contributed by atoms with E-state index >= 15 is 0 Å². The number of alkyl halides is 1. The molecule has 1 atom stereocenters. The lowest BCUT2D eigenvalue weighted by Crippen LogP contribution is -2.52. The molecule has 0 aromatic heterocycles. The van der Waals surface area contributed by atoms with Crippen molar-refractivity contribution in [3.8, 4) is 0 Å². The molecule has 1 heterocycles. The number of nitrogens with zero attached hydrogens (tertiary/aromatic N) is 1. The molecule has 1 aliphatic heterocycles. The van der Waals surface area contributed by atoms with Crippen molar-refractivity contribution in [2.45, 2.75) is 23.1 Å². The highest BCUT2D eigenvalue weighted by Crippen LogP contribution is 2.50. The summed E-state index contributed by atoms with van der Waals surface area (Å²) in [5.41, 5.74) is 9.56. The van der Waals surface area contributed by atoms with Gasteiger partial charge in [0.15, 0.2) is 9.84 Å². The molecule has 0 radical (unpaired) electrons. The Morgan fingerprint density at radius 1 is 1.29 bits per heavy atom. The first kappa shape index (κ1) is 14.2. The van der Waals surface area contributed by atoms with E-state index in [9.17, 15) is 17.2 Å². The third kappa shape index (κ3) is 1.85. The first-order chi connectivity index (χ1) is 9.76. The summed E-state index contributed by atoms with van der Waals surface area (Å²) in [6.07, 6.45) is 0.763. The predicted molar refractivity (Wildman–Crippen MR) is 75.8 cm³/mol. The van der Waals surface area contributed by atoms with Crippen LogP contribution in [0.1, 0.15) is 18.4 Å². The number of benzene rings is 1. The monoisotopic (exact) mass is 315 g/mol. The van der Waals surface area contributed by atoms with Gasteiger partial charge in [0.2, 0.25) is 0 Å². The van der Waals surface area contributed by atoms with Crippen molar-refractivity contribution >= 4 is 21.4 Å². The smallest absolute Gasteiger partial charge is 0.166 e. The van der Waals surface area contributed by atoms with E-state index in [1.165, 1.54) is 12.1 Å². The number of anilines is 1. The maximum atomic E-state index is 14.0. The molecule has 1 aromatic rings. The van der Waals surface area contributed by atoms with Crippen LogP contribution in [0.15, 0.2) is 23.2 Å². The summed E-state index contributed by atoms with van der Waals surface area (Å²) in [5.74, 6) is -1.48. The topological polar surface area (TPSA) is 98.5 Å². The van der Waals surface area contributed by atoms with Gasteiger partial charge in [-0.25, -0.2) is 17.2 Å². The third-order valence-electron chi connectivity index (χ3n) is 4.24. The zero-order valence-corrected chi connectivity index (χ0v) is 12.0. The number of rotatable bonds is 2. The molecule has 0 amide bonds. The first-order valence-electron chi connectivity index (χ1n) is 6.46. The van der Waals surface area contributed by atoms with Gasteiger partial charge in [-0.15, -0.1) is 0 Å². The van der Waals surface area contributed by atoms with Gasteiger partial charge in [-0.2, -0.15) is 0 Å². The van der Waals surface area contributed by atoms with Crippen LogP contribution in [0.3, 0.4) is 0 Å². The molecular weight excluding hydrogens is 300 g/mol. The molecule has 1 fully saturated rings. The molecule has 21 heavy (non-hydrogen) atoms. The molecule has 5 nitrogen and oxygen atoms in total. The van der Waals surface area contributed by atoms with Gasteiger partial charge in [0.05, 0.1) is 5.75 Å². The summed E-state index contributed by atoms with van der Waals surface area (Å²) in [7, 11) is -3.70. The maximum Gasteiger partial charge on any atom is 0.166 e. The second kappa shape index (κ2) is 4.16. The molecule has 0 bridgehead atoms. The Hall–Kier alpha value is -1.70. The van der Waals surface area contributed by atoms with E-state index in [1.54, 1.807) is 0 Å². The van der Waals surface area contributed by atoms with E-state index in [-0.39, 0.29) is 17.1 Å². The number of nitrogen functional groups attached to an aromatic ring is 1. The predicted octanol–water partition coefficient (Wildman–Crippen LogP) is 0.891. The van der Waals surface area contributed by atoms with Crippen LogP contribution in [0.5, 0.6) is 0 Å². The molecule has 2 aliphatic rings. The Morgan fingerprint density at radius 2 is 1.95 bits per heavy atom. The Morgan fingerprint density at radius 3 is 2.48 bits per heavy atom. The van der Waals surface area contributed by atoms with Crippen molar-refractivity contribution in [1.82, 2.24) is 0 Å². The van der Waals surface area contributed by atoms with E-state index in [0.717, 1.165) is 6.07 Å². The molecule has 0 saturated heterocycles. The fourth-order valence-corrected chi connectivity index (χ4v) is 5.13. The molecule has 4 N–H and O–H groups in total. The molecule has 8 heteroatoms. The van der Waals surface area contributed by atoms with Crippen molar-refractivity contribution in [3.05, 3.63) is 29.6 Å². The van der Waals surface area contributed by atoms with Crippen LogP contribution in [-0.2, 0) is 15.4 Å². The van der Waals surface area contributed by atoms with Crippen molar-refractivity contribution in [1.29, 1.82) is 0 Å². The van der Waals surface area contributed by atoms with E-state index < -0.39 is 38.4 Å². The molecule has 114 valence electrons. The summed E-state index contributed by atoms with van der Waals surface area (Å²) in [4.78, 5) is 4.06. The van der Waals surface area contributed by atoms with Crippen LogP contribution in [0.4, 0.5) is 14.5 Å². The quantitative estimate of drug-likeness (QED) is 0.792. The van der Waals surface area contributed by atoms with Crippen LogP contribution in [-0.4, -0.2) is 31.4 Å². The fraction of sp³-hybridized carbons (Fsp3) is 0.462. The van der Waals surface area contributed by atoms with Gasteiger partial charge in [0.1, 0.15) is 28.6 Å². The highest BCUT2D eigenvalue weighted by Gasteiger charge is 2.63. The molecule has 1 aromatic carbocycles. The number of hydrogen-bond acceptors (Lipinski definition) is 5. The van der Waals surface area contributed by atoms with Gasteiger partial charge in [-0.05, 0) is 31.0 Å². The lowest BCUT2D eigenvalue weighted by molar-refractivity contribution is 0.325. The second-order valence-electron chi connectivity index (χ2n) is 5.65. The van der Waals surface area contributed by atoms with Gasteiger partial charge in [-0.3, -0.25) is 4.99 Å². The van der Waals surface area contributed by atoms with Crippen LogP contribution in [0, 0.1) is 5.82 Å². The zero-order chi connectivity index (χ0) is 15.5. The van der Waals surface area contributed by atoms with Crippen molar-refractivity contribution in [2.24, 2.45) is 10.7 Å². The average Bonchev–Trinajstić information content (AvgIpc) is 3.21.